The zero-order valence-electron chi connectivity index (χ0n) is 19.6. The molecule has 5 N–H and O–H groups in total. The number of halogens is 3. The highest BCUT2D eigenvalue weighted by molar-refractivity contribution is 6.30. The van der Waals surface area contributed by atoms with E-state index in [-0.39, 0.29) is 40.6 Å². The Labute approximate surface area is 211 Å². The fourth-order valence-corrected chi connectivity index (χ4v) is 5.42. The summed E-state index contributed by atoms with van der Waals surface area (Å²) in [4.78, 5) is 25.3. The molecule has 1 aromatic carbocycles. The number of carbonyl (C=O) groups excluding carboxylic acids is 1. The second-order valence-corrected chi connectivity index (χ2v) is 10.0. The Kier molecular flexibility index (Phi) is 6.94. The van der Waals surface area contributed by atoms with E-state index < -0.39 is 17.7 Å². The van der Waals surface area contributed by atoms with Gasteiger partial charge in [-0.15, -0.1) is 0 Å². The zero-order chi connectivity index (χ0) is 25.4. The third kappa shape index (κ3) is 4.94. The van der Waals surface area contributed by atoms with Crippen molar-refractivity contribution in [1.82, 2.24) is 19.5 Å². The molecule has 0 radical (unpaired) electrons. The van der Waals surface area contributed by atoms with Crippen molar-refractivity contribution in [3.8, 4) is 0 Å². The smallest absolute Gasteiger partial charge is 0.225 e. The number of imidazole rings is 1. The van der Waals surface area contributed by atoms with Gasteiger partial charge in [0.15, 0.2) is 17.3 Å². The summed E-state index contributed by atoms with van der Waals surface area (Å²) in [6.07, 6.45) is 6.98. The van der Waals surface area contributed by atoms with Crippen LogP contribution in [0.15, 0.2) is 18.3 Å². The van der Waals surface area contributed by atoms with E-state index >= 15 is 0 Å². The average Bonchev–Trinajstić information content (AvgIpc) is 3.20. The first kappa shape index (κ1) is 24.6. The van der Waals surface area contributed by atoms with Crippen molar-refractivity contribution >= 4 is 46.3 Å². The molecule has 12 heteroatoms. The maximum atomic E-state index is 14.6. The molecule has 2 aromatic heterocycles. The van der Waals surface area contributed by atoms with Crippen molar-refractivity contribution in [2.24, 2.45) is 11.7 Å². The van der Waals surface area contributed by atoms with Gasteiger partial charge in [-0.1, -0.05) is 24.4 Å². The van der Waals surface area contributed by atoms with E-state index in [0.29, 0.717) is 49.2 Å². The molecule has 0 aliphatic heterocycles. The number of nitrogens with zero attached hydrogens (tertiary/aromatic N) is 4. The van der Waals surface area contributed by atoms with Crippen LogP contribution in [0.2, 0.25) is 5.02 Å². The number of primary amides is 1. The topological polar surface area (TPSA) is 131 Å². The Bertz CT molecular complexity index is 1260. The second-order valence-electron chi connectivity index (χ2n) is 9.59. The van der Waals surface area contributed by atoms with Crippen LogP contribution in [0.3, 0.4) is 0 Å². The molecule has 2 heterocycles. The molecule has 36 heavy (non-hydrogen) atoms. The second kappa shape index (κ2) is 10.1. The molecular formula is C24H28ClF2N7O2. The molecule has 5 rings (SSSR count). The SMILES string of the molecule is NC(=O)[C@H]1CC[C@H](n2c(Nc3c(F)cc(Cl)cc3F)nc3cnc(N[C@@H]4CCCC[C@H]4O)nc32)CC1. The van der Waals surface area contributed by atoms with Gasteiger partial charge in [0.1, 0.15) is 11.2 Å². The number of hydrogen-bond acceptors (Lipinski definition) is 7. The first-order chi connectivity index (χ1) is 17.3. The lowest BCUT2D eigenvalue weighted by Gasteiger charge is -2.29. The van der Waals surface area contributed by atoms with E-state index in [4.69, 9.17) is 17.3 Å². The van der Waals surface area contributed by atoms with Gasteiger partial charge in [-0.25, -0.2) is 18.7 Å². The number of hydrogen-bond donors (Lipinski definition) is 4. The number of aliphatic hydroxyl groups is 1. The van der Waals surface area contributed by atoms with Crippen LogP contribution in [-0.4, -0.2) is 42.7 Å². The summed E-state index contributed by atoms with van der Waals surface area (Å²) >= 11 is 5.78. The quantitative estimate of drug-likeness (QED) is 0.379. The Hall–Kier alpha value is -3.05. The van der Waals surface area contributed by atoms with Gasteiger partial charge in [-0.05, 0) is 50.7 Å². The number of amides is 1. The molecule has 3 aromatic rings. The lowest BCUT2D eigenvalue weighted by atomic mass is 9.85. The van der Waals surface area contributed by atoms with Crippen molar-refractivity contribution in [3.63, 3.8) is 0 Å². The van der Waals surface area contributed by atoms with E-state index in [2.05, 4.69) is 25.6 Å². The number of anilines is 3. The molecule has 0 unspecified atom stereocenters. The highest BCUT2D eigenvalue weighted by Crippen LogP contribution is 2.38. The molecular weight excluding hydrogens is 492 g/mol. The predicted molar refractivity (Wildman–Crippen MR) is 132 cm³/mol. The molecule has 0 bridgehead atoms. The van der Waals surface area contributed by atoms with Gasteiger partial charge < -0.3 is 21.5 Å². The van der Waals surface area contributed by atoms with Crippen LogP contribution in [-0.2, 0) is 4.79 Å². The van der Waals surface area contributed by atoms with Crippen LogP contribution in [0.5, 0.6) is 0 Å². The minimum absolute atomic E-state index is 0.0553. The fraction of sp³-hybridized carbons (Fsp3) is 0.500. The first-order valence-corrected chi connectivity index (χ1v) is 12.6. The highest BCUT2D eigenvalue weighted by atomic mass is 35.5. The number of aliphatic hydroxyl groups excluding tert-OH is 1. The van der Waals surface area contributed by atoms with Crippen LogP contribution in [0.1, 0.15) is 57.4 Å². The largest absolute Gasteiger partial charge is 0.391 e. The fourth-order valence-electron chi connectivity index (χ4n) is 5.23. The summed E-state index contributed by atoms with van der Waals surface area (Å²) in [5.41, 5.74) is 6.06. The van der Waals surface area contributed by atoms with Gasteiger partial charge in [0.25, 0.3) is 0 Å². The lowest BCUT2D eigenvalue weighted by Crippen LogP contribution is -2.36. The molecule has 0 spiro atoms. The van der Waals surface area contributed by atoms with Crippen molar-refractivity contribution in [3.05, 3.63) is 35.0 Å². The molecule has 192 valence electrons. The number of carbonyl (C=O) groups is 1. The van der Waals surface area contributed by atoms with Crippen LogP contribution < -0.4 is 16.4 Å². The number of fused-ring (bicyclic) bond motifs is 1. The predicted octanol–water partition coefficient (Wildman–Crippen LogP) is 4.43. The van der Waals surface area contributed by atoms with Gasteiger partial charge in [-0.3, -0.25) is 9.36 Å². The highest BCUT2D eigenvalue weighted by Gasteiger charge is 2.30. The molecule has 1 amide bonds. The molecule has 9 nitrogen and oxygen atoms in total. The molecule has 2 saturated carbocycles. The zero-order valence-corrected chi connectivity index (χ0v) is 20.3. The van der Waals surface area contributed by atoms with Crippen molar-refractivity contribution in [2.45, 2.75) is 69.6 Å². The summed E-state index contributed by atoms with van der Waals surface area (Å²) in [6.45, 7) is 0. The monoisotopic (exact) mass is 519 g/mol. The minimum atomic E-state index is -0.851. The summed E-state index contributed by atoms with van der Waals surface area (Å²) in [5.74, 6) is -1.69. The normalized spacial score (nSPS) is 24.6. The van der Waals surface area contributed by atoms with E-state index in [1.165, 1.54) is 0 Å². The van der Waals surface area contributed by atoms with Crippen LogP contribution in [0.4, 0.5) is 26.4 Å². The number of nitrogens with one attached hydrogen (secondary N) is 2. The summed E-state index contributed by atoms with van der Waals surface area (Å²) < 4.78 is 31.0. The first-order valence-electron chi connectivity index (χ1n) is 12.2. The van der Waals surface area contributed by atoms with Crippen molar-refractivity contribution < 1.29 is 18.7 Å². The van der Waals surface area contributed by atoms with Crippen LogP contribution >= 0.6 is 11.6 Å². The van der Waals surface area contributed by atoms with Gasteiger partial charge in [0.05, 0.1) is 18.3 Å². The van der Waals surface area contributed by atoms with Gasteiger partial charge in [0.2, 0.25) is 17.8 Å². The van der Waals surface area contributed by atoms with Gasteiger partial charge >= 0.3 is 0 Å². The third-order valence-corrected chi connectivity index (χ3v) is 7.40. The van der Waals surface area contributed by atoms with Crippen molar-refractivity contribution in [1.29, 1.82) is 0 Å². The molecule has 2 aliphatic carbocycles. The maximum Gasteiger partial charge on any atom is 0.225 e. The molecule has 2 aliphatic rings. The number of rotatable bonds is 6. The molecule has 2 atom stereocenters. The number of nitrogens with two attached hydrogens (primary N) is 1. The lowest BCUT2D eigenvalue weighted by molar-refractivity contribution is -0.122. The molecule has 0 saturated heterocycles. The Balaban J connectivity index is 1.53. The average molecular weight is 520 g/mol. The third-order valence-electron chi connectivity index (χ3n) is 7.18. The summed E-state index contributed by atoms with van der Waals surface area (Å²) in [7, 11) is 0. The minimum Gasteiger partial charge on any atom is -0.391 e. The van der Waals surface area contributed by atoms with Gasteiger partial charge in [-0.2, -0.15) is 4.98 Å². The Morgan fingerprint density at radius 3 is 2.44 bits per heavy atom. The summed E-state index contributed by atoms with van der Waals surface area (Å²) in [5, 5.41) is 16.3. The number of benzene rings is 1. The standard InChI is InChI=1S/C24H28ClF2N7O2/c25-13-9-15(26)20(16(27)10-13)32-24-31-18-11-29-23(30-17-3-1-2-4-19(17)35)33-22(18)34(24)14-7-5-12(6-8-14)21(28)36/h9-12,14,17,19,35H,1-8H2,(H2,28,36)(H,31,32)(H,29,30,33)/t12-,14-,17-,19-/m1/s1. The van der Waals surface area contributed by atoms with E-state index in [9.17, 15) is 18.7 Å². The van der Waals surface area contributed by atoms with Crippen molar-refractivity contribution in [2.75, 3.05) is 10.6 Å². The van der Waals surface area contributed by atoms with Crippen LogP contribution in [0.25, 0.3) is 11.2 Å². The van der Waals surface area contributed by atoms with E-state index in [1.54, 1.807) is 6.20 Å². The molecule has 2 fully saturated rings. The Morgan fingerprint density at radius 2 is 1.78 bits per heavy atom. The maximum absolute atomic E-state index is 14.6. The number of aromatic nitrogens is 4. The van der Waals surface area contributed by atoms with Gasteiger partial charge in [0, 0.05) is 17.0 Å². The van der Waals surface area contributed by atoms with E-state index in [1.807, 2.05) is 4.57 Å². The summed E-state index contributed by atoms with van der Waals surface area (Å²) in [6, 6.07) is 1.76. The van der Waals surface area contributed by atoms with E-state index in [0.717, 1.165) is 31.4 Å². The Morgan fingerprint density at radius 1 is 1.08 bits per heavy atom. The van der Waals surface area contributed by atoms with Crippen LogP contribution in [0, 0.1) is 17.6 Å².